The number of nitrogens with zero attached hydrogens (tertiary/aromatic N) is 1. The number of oxazole rings is 1. The zero-order valence-electron chi connectivity index (χ0n) is 8.15. The summed E-state index contributed by atoms with van der Waals surface area (Å²) in [6.45, 7) is 1.87. The smallest absolute Gasteiger partial charge is 0.192 e. The highest BCUT2D eigenvalue weighted by Gasteiger charge is 2.11. The summed E-state index contributed by atoms with van der Waals surface area (Å²) < 4.78 is 5.56. The van der Waals surface area contributed by atoms with E-state index in [1.165, 1.54) is 0 Å². The van der Waals surface area contributed by atoms with Gasteiger partial charge >= 0.3 is 0 Å². The van der Waals surface area contributed by atoms with Crippen molar-refractivity contribution in [2.75, 3.05) is 6.26 Å². The maximum absolute atomic E-state index is 5.56. The first-order valence-electron chi connectivity index (χ1n) is 4.38. The second-order valence-electron chi connectivity index (χ2n) is 2.94. The third-order valence-electron chi connectivity index (χ3n) is 1.93. The zero-order chi connectivity index (χ0) is 9.97. The molecule has 0 amide bonds. The van der Waals surface area contributed by atoms with Gasteiger partial charge in [0.1, 0.15) is 5.03 Å². The van der Waals surface area contributed by atoms with Gasteiger partial charge in [-0.1, -0.05) is 30.3 Å². The molecule has 0 aliphatic heterocycles. The summed E-state index contributed by atoms with van der Waals surface area (Å²) in [5.74, 6) is 1.59. The minimum Gasteiger partial charge on any atom is -0.440 e. The standard InChI is InChI=1S/C11H11NOS/c1-8-12-11(14-2)10(13-8)9-6-4-3-5-7-9/h3-7H,1-2H3. The van der Waals surface area contributed by atoms with E-state index in [0.717, 1.165) is 16.3 Å². The van der Waals surface area contributed by atoms with E-state index in [-0.39, 0.29) is 0 Å². The number of benzene rings is 1. The third-order valence-corrected chi connectivity index (χ3v) is 2.60. The van der Waals surface area contributed by atoms with E-state index in [2.05, 4.69) is 4.98 Å². The summed E-state index contributed by atoms with van der Waals surface area (Å²) in [6.07, 6.45) is 2.00. The van der Waals surface area contributed by atoms with Crippen LogP contribution in [0.15, 0.2) is 39.8 Å². The third kappa shape index (κ3) is 1.68. The first kappa shape index (κ1) is 9.34. The lowest BCUT2D eigenvalue weighted by Gasteiger charge is -1.96. The second kappa shape index (κ2) is 3.88. The van der Waals surface area contributed by atoms with E-state index >= 15 is 0 Å². The van der Waals surface area contributed by atoms with Gasteiger partial charge in [-0.25, -0.2) is 4.98 Å². The fraction of sp³-hybridized carbons (Fsp3) is 0.182. The van der Waals surface area contributed by atoms with Gasteiger partial charge in [-0.2, -0.15) is 0 Å². The zero-order valence-corrected chi connectivity index (χ0v) is 8.97. The van der Waals surface area contributed by atoms with Gasteiger partial charge in [-0.05, 0) is 6.26 Å². The molecule has 0 atom stereocenters. The van der Waals surface area contributed by atoms with Crippen LogP contribution < -0.4 is 0 Å². The predicted molar refractivity (Wildman–Crippen MR) is 58.5 cm³/mol. The van der Waals surface area contributed by atoms with Crippen LogP contribution in [0, 0.1) is 6.92 Å². The van der Waals surface area contributed by atoms with E-state index in [1.54, 1.807) is 11.8 Å². The van der Waals surface area contributed by atoms with Gasteiger partial charge in [0.25, 0.3) is 0 Å². The molecule has 0 aliphatic rings. The van der Waals surface area contributed by atoms with Gasteiger partial charge in [0.15, 0.2) is 11.7 Å². The van der Waals surface area contributed by atoms with Crippen molar-refractivity contribution < 1.29 is 4.42 Å². The summed E-state index contributed by atoms with van der Waals surface area (Å²) in [5, 5.41) is 0.953. The second-order valence-corrected chi connectivity index (χ2v) is 3.73. The van der Waals surface area contributed by atoms with Crippen molar-refractivity contribution in [3.63, 3.8) is 0 Å². The Labute approximate surface area is 87.4 Å². The number of hydrogen-bond donors (Lipinski definition) is 0. The van der Waals surface area contributed by atoms with Crippen molar-refractivity contribution in [2.24, 2.45) is 0 Å². The largest absolute Gasteiger partial charge is 0.440 e. The summed E-state index contributed by atoms with van der Waals surface area (Å²) in [5.41, 5.74) is 1.08. The first-order valence-corrected chi connectivity index (χ1v) is 5.60. The van der Waals surface area contributed by atoms with Crippen LogP contribution in [-0.2, 0) is 0 Å². The Morgan fingerprint density at radius 1 is 1.21 bits per heavy atom. The summed E-state index contributed by atoms with van der Waals surface area (Å²) in [7, 11) is 0. The van der Waals surface area contributed by atoms with Crippen molar-refractivity contribution in [2.45, 2.75) is 11.9 Å². The predicted octanol–water partition coefficient (Wildman–Crippen LogP) is 3.37. The molecule has 0 aliphatic carbocycles. The number of hydrogen-bond acceptors (Lipinski definition) is 3. The van der Waals surface area contributed by atoms with Gasteiger partial charge in [0.2, 0.25) is 0 Å². The summed E-state index contributed by atoms with van der Waals surface area (Å²) >= 11 is 1.61. The van der Waals surface area contributed by atoms with Gasteiger partial charge < -0.3 is 4.42 Å². The van der Waals surface area contributed by atoms with Crippen LogP contribution in [0.1, 0.15) is 5.89 Å². The molecule has 0 saturated heterocycles. The van der Waals surface area contributed by atoms with Crippen LogP contribution in [0.2, 0.25) is 0 Å². The number of aryl methyl sites for hydroxylation is 1. The van der Waals surface area contributed by atoms with Gasteiger partial charge in [-0.3, -0.25) is 0 Å². The van der Waals surface area contributed by atoms with Crippen molar-refractivity contribution in [1.29, 1.82) is 0 Å². The normalized spacial score (nSPS) is 10.4. The van der Waals surface area contributed by atoms with Crippen molar-refractivity contribution in [3.05, 3.63) is 36.2 Å². The van der Waals surface area contributed by atoms with Crippen molar-refractivity contribution in [3.8, 4) is 11.3 Å². The molecular weight excluding hydrogens is 194 g/mol. The van der Waals surface area contributed by atoms with E-state index in [1.807, 2.05) is 43.5 Å². The van der Waals surface area contributed by atoms with Crippen LogP contribution in [0.5, 0.6) is 0 Å². The molecule has 0 saturated carbocycles. The van der Waals surface area contributed by atoms with Crippen molar-refractivity contribution in [1.82, 2.24) is 4.98 Å². The molecule has 0 bridgehead atoms. The Hall–Kier alpha value is -1.22. The Kier molecular flexibility index (Phi) is 2.59. The fourth-order valence-electron chi connectivity index (χ4n) is 1.32. The molecule has 0 radical (unpaired) electrons. The number of aromatic nitrogens is 1. The average molecular weight is 205 g/mol. The lowest BCUT2D eigenvalue weighted by Crippen LogP contribution is -1.76. The molecule has 0 unspecified atom stereocenters. The number of rotatable bonds is 2. The summed E-state index contributed by atoms with van der Waals surface area (Å²) in [4.78, 5) is 4.30. The SMILES string of the molecule is CSc1nc(C)oc1-c1ccccc1. The van der Waals surface area contributed by atoms with E-state index < -0.39 is 0 Å². The average Bonchev–Trinajstić information content (AvgIpc) is 2.61. The molecule has 1 aromatic carbocycles. The molecular formula is C11H11NOS. The minimum absolute atomic E-state index is 0.716. The molecule has 1 aromatic heterocycles. The molecule has 2 aromatic rings. The van der Waals surface area contributed by atoms with Crippen LogP contribution >= 0.6 is 11.8 Å². The van der Waals surface area contributed by atoms with Crippen LogP contribution in [0.25, 0.3) is 11.3 Å². The van der Waals surface area contributed by atoms with E-state index in [4.69, 9.17) is 4.42 Å². The van der Waals surface area contributed by atoms with E-state index in [9.17, 15) is 0 Å². The van der Waals surface area contributed by atoms with Gasteiger partial charge in [0, 0.05) is 12.5 Å². The first-order chi connectivity index (χ1) is 6.81. The lowest BCUT2D eigenvalue weighted by atomic mass is 10.2. The number of thioether (sulfide) groups is 1. The van der Waals surface area contributed by atoms with Gasteiger partial charge in [-0.15, -0.1) is 11.8 Å². The van der Waals surface area contributed by atoms with Crippen molar-refractivity contribution >= 4 is 11.8 Å². The molecule has 14 heavy (non-hydrogen) atoms. The van der Waals surface area contributed by atoms with Crippen LogP contribution in [0.4, 0.5) is 0 Å². The minimum atomic E-state index is 0.716. The summed E-state index contributed by atoms with van der Waals surface area (Å²) in [6, 6.07) is 10.0. The highest BCUT2D eigenvalue weighted by molar-refractivity contribution is 7.98. The Balaban J connectivity index is 2.51. The molecule has 0 fully saturated rings. The van der Waals surface area contributed by atoms with E-state index in [0.29, 0.717) is 5.89 Å². The molecule has 3 heteroatoms. The molecule has 1 heterocycles. The van der Waals surface area contributed by atoms with Gasteiger partial charge in [0.05, 0.1) is 0 Å². The fourth-order valence-corrected chi connectivity index (χ4v) is 1.88. The molecule has 2 nitrogen and oxygen atoms in total. The molecule has 72 valence electrons. The quantitative estimate of drug-likeness (QED) is 0.703. The van der Waals surface area contributed by atoms with Crippen LogP contribution in [0.3, 0.4) is 0 Å². The molecule has 0 N–H and O–H groups in total. The Bertz CT molecular complexity index is 422. The topological polar surface area (TPSA) is 26.0 Å². The highest BCUT2D eigenvalue weighted by atomic mass is 32.2. The Morgan fingerprint density at radius 2 is 1.93 bits per heavy atom. The molecule has 2 rings (SSSR count). The molecule has 0 spiro atoms. The maximum Gasteiger partial charge on any atom is 0.192 e. The monoisotopic (exact) mass is 205 g/mol. The highest BCUT2D eigenvalue weighted by Crippen LogP contribution is 2.30. The van der Waals surface area contributed by atoms with Crippen LogP contribution in [-0.4, -0.2) is 11.2 Å². The maximum atomic E-state index is 5.56. The lowest BCUT2D eigenvalue weighted by molar-refractivity contribution is 0.533. The Morgan fingerprint density at radius 3 is 2.57 bits per heavy atom.